The quantitative estimate of drug-likeness (QED) is 0.743. The van der Waals surface area contributed by atoms with Crippen molar-refractivity contribution >= 4 is 22.7 Å². The van der Waals surface area contributed by atoms with Crippen molar-refractivity contribution in [2.45, 2.75) is 20.0 Å². The molecule has 0 atom stereocenters. The van der Waals surface area contributed by atoms with E-state index in [9.17, 15) is 4.39 Å². The van der Waals surface area contributed by atoms with Crippen LogP contribution in [0.25, 0.3) is 9.75 Å². The standard InChI is InChI=1S/C16H15FN2S2/c1-11-6-7-20-16(11)14-9-19-15(21-14)10-18-8-12-2-4-13(17)5-3-12/h2-7,9,18H,8,10H2,1H3. The van der Waals surface area contributed by atoms with Gasteiger partial charge in [-0.05, 0) is 41.6 Å². The fourth-order valence-corrected chi connectivity index (χ4v) is 4.03. The summed E-state index contributed by atoms with van der Waals surface area (Å²) in [4.78, 5) is 6.99. The number of thiophene rings is 1. The van der Waals surface area contributed by atoms with Gasteiger partial charge in [0.05, 0.1) is 4.88 Å². The van der Waals surface area contributed by atoms with Gasteiger partial charge in [-0.3, -0.25) is 0 Å². The lowest BCUT2D eigenvalue weighted by Crippen LogP contribution is -2.12. The summed E-state index contributed by atoms with van der Waals surface area (Å²) in [6, 6.07) is 8.69. The zero-order chi connectivity index (χ0) is 14.7. The Hall–Kier alpha value is -1.56. The molecule has 0 bridgehead atoms. The maximum absolute atomic E-state index is 12.8. The molecule has 0 aliphatic rings. The van der Waals surface area contributed by atoms with Crippen LogP contribution in [0.5, 0.6) is 0 Å². The number of rotatable bonds is 5. The maximum atomic E-state index is 12.8. The van der Waals surface area contributed by atoms with Gasteiger partial charge in [0.2, 0.25) is 0 Å². The largest absolute Gasteiger partial charge is 0.306 e. The molecule has 2 heterocycles. The number of hydrogen-bond acceptors (Lipinski definition) is 4. The Balaban J connectivity index is 1.58. The minimum absolute atomic E-state index is 0.199. The van der Waals surface area contributed by atoms with E-state index >= 15 is 0 Å². The minimum Gasteiger partial charge on any atom is -0.306 e. The molecule has 0 radical (unpaired) electrons. The van der Waals surface area contributed by atoms with Crippen molar-refractivity contribution in [3.63, 3.8) is 0 Å². The molecule has 1 aromatic carbocycles. The molecular weight excluding hydrogens is 303 g/mol. The van der Waals surface area contributed by atoms with E-state index in [0.717, 1.165) is 17.1 Å². The van der Waals surface area contributed by atoms with E-state index in [-0.39, 0.29) is 5.82 Å². The van der Waals surface area contributed by atoms with E-state index in [2.05, 4.69) is 28.7 Å². The predicted octanol–water partition coefficient (Wildman–Crippen LogP) is 4.61. The highest BCUT2D eigenvalue weighted by atomic mass is 32.1. The molecule has 5 heteroatoms. The Labute approximate surface area is 131 Å². The van der Waals surface area contributed by atoms with E-state index in [4.69, 9.17) is 0 Å². The van der Waals surface area contributed by atoms with Crippen LogP contribution >= 0.6 is 22.7 Å². The molecule has 0 unspecified atom stereocenters. The van der Waals surface area contributed by atoms with Gasteiger partial charge in [0, 0.05) is 24.2 Å². The van der Waals surface area contributed by atoms with Gasteiger partial charge in [-0.1, -0.05) is 12.1 Å². The third kappa shape index (κ3) is 3.56. The Kier molecular flexibility index (Phi) is 4.43. The first-order chi connectivity index (χ1) is 10.2. The number of nitrogens with one attached hydrogen (secondary N) is 1. The summed E-state index contributed by atoms with van der Waals surface area (Å²) in [7, 11) is 0. The number of halogens is 1. The van der Waals surface area contributed by atoms with Gasteiger partial charge in [-0.15, -0.1) is 22.7 Å². The van der Waals surface area contributed by atoms with E-state index < -0.39 is 0 Å². The molecule has 1 N–H and O–H groups in total. The lowest BCUT2D eigenvalue weighted by molar-refractivity contribution is 0.625. The number of nitrogens with zero attached hydrogens (tertiary/aromatic N) is 1. The van der Waals surface area contributed by atoms with E-state index in [0.29, 0.717) is 6.54 Å². The summed E-state index contributed by atoms with van der Waals surface area (Å²) in [5.41, 5.74) is 2.37. The van der Waals surface area contributed by atoms with Crippen LogP contribution in [0.4, 0.5) is 4.39 Å². The van der Waals surface area contributed by atoms with E-state index in [1.54, 1.807) is 34.8 Å². The third-order valence-electron chi connectivity index (χ3n) is 3.16. The van der Waals surface area contributed by atoms with Crippen LogP contribution in [0.2, 0.25) is 0 Å². The average molecular weight is 318 g/mol. The smallest absolute Gasteiger partial charge is 0.123 e. The van der Waals surface area contributed by atoms with Crippen LogP contribution in [0, 0.1) is 12.7 Å². The molecule has 2 aromatic heterocycles. The SMILES string of the molecule is Cc1ccsc1-c1cnc(CNCc2ccc(F)cc2)s1. The first kappa shape index (κ1) is 14.4. The summed E-state index contributed by atoms with van der Waals surface area (Å²) in [5, 5.41) is 6.52. The monoisotopic (exact) mass is 318 g/mol. The zero-order valence-electron chi connectivity index (χ0n) is 11.6. The van der Waals surface area contributed by atoms with Crippen molar-refractivity contribution in [1.82, 2.24) is 10.3 Å². The molecule has 0 aliphatic carbocycles. The zero-order valence-corrected chi connectivity index (χ0v) is 13.2. The van der Waals surface area contributed by atoms with Gasteiger partial charge >= 0.3 is 0 Å². The number of hydrogen-bond donors (Lipinski definition) is 1. The summed E-state index contributed by atoms with van der Waals surface area (Å²) in [6.07, 6.45) is 1.94. The van der Waals surface area contributed by atoms with Crippen molar-refractivity contribution in [1.29, 1.82) is 0 Å². The van der Waals surface area contributed by atoms with Crippen molar-refractivity contribution in [2.24, 2.45) is 0 Å². The molecule has 0 spiro atoms. The summed E-state index contributed by atoms with van der Waals surface area (Å²) >= 11 is 3.47. The van der Waals surface area contributed by atoms with E-state index in [1.165, 1.54) is 27.5 Å². The first-order valence-corrected chi connectivity index (χ1v) is 8.36. The van der Waals surface area contributed by atoms with Gasteiger partial charge in [-0.25, -0.2) is 9.37 Å². The van der Waals surface area contributed by atoms with E-state index in [1.807, 2.05) is 6.20 Å². The Morgan fingerprint density at radius 3 is 2.67 bits per heavy atom. The Morgan fingerprint density at radius 2 is 1.95 bits per heavy atom. The number of benzene rings is 1. The predicted molar refractivity (Wildman–Crippen MR) is 87.1 cm³/mol. The molecule has 0 aliphatic heterocycles. The molecule has 0 saturated carbocycles. The Morgan fingerprint density at radius 1 is 1.14 bits per heavy atom. The molecule has 2 nitrogen and oxygen atoms in total. The molecule has 3 aromatic rings. The lowest BCUT2D eigenvalue weighted by Gasteiger charge is -2.02. The molecule has 108 valence electrons. The van der Waals surface area contributed by atoms with Gasteiger partial charge in [0.15, 0.2) is 0 Å². The van der Waals surface area contributed by atoms with Crippen molar-refractivity contribution in [2.75, 3.05) is 0 Å². The summed E-state index contributed by atoms with van der Waals surface area (Å²) < 4.78 is 12.8. The Bertz CT molecular complexity index is 716. The van der Waals surface area contributed by atoms with Crippen LogP contribution in [0.15, 0.2) is 41.9 Å². The van der Waals surface area contributed by atoms with Gasteiger partial charge in [0.25, 0.3) is 0 Å². The maximum Gasteiger partial charge on any atom is 0.123 e. The third-order valence-corrected chi connectivity index (χ3v) is 5.35. The summed E-state index contributed by atoms with van der Waals surface area (Å²) in [6.45, 7) is 3.57. The normalized spacial score (nSPS) is 11.0. The number of aryl methyl sites for hydroxylation is 1. The second-order valence-electron chi connectivity index (χ2n) is 4.78. The van der Waals surface area contributed by atoms with Crippen molar-refractivity contribution in [3.05, 3.63) is 63.9 Å². The highest BCUT2D eigenvalue weighted by molar-refractivity contribution is 7.21. The van der Waals surface area contributed by atoms with Crippen LogP contribution in [0.3, 0.4) is 0 Å². The topological polar surface area (TPSA) is 24.9 Å². The second-order valence-corrected chi connectivity index (χ2v) is 6.81. The second kappa shape index (κ2) is 6.47. The highest BCUT2D eigenvalue weighted by Crippen LogP contribution is 2.33. The van der Waals surface area contributed by atoms with Crippen LogP contribution in [0.1, 0.15) is 16.1 Å². The van der Waals surface area contributed by atoms with Crippen molar-refractivity contribution in [3.8, 4) is 9.75 Å². The van der Waals surface area contributed by atoms with Crippen LogP contribution < -0.4 is 5.32 Å². The lowest BCUT2D eigenvalue weighted by atomic mass is 10.2. The molecule has 0 fully saturated rings. The molecule has 3 rings (SSSR count). The van der Waals surface area contributed by atoms with Gasteiger partial charge in [-0.2, -0.15) is 0 Å². The summed E-state index contributed by atoms with van der Waals surface area (Å²) in [5.74, 6) is -0.199. The molecule has 21 heavy (non-hydrogen) atoms. The molecular formula is C16H15FN2S2. The fourth-order valence-electron chi connectivity index (χ4n) is 2.04. The minimum atomic E-state index is -0.199. The van der Waals surface area contributed by atoms with Gasteiger partial charge in [0.1, 0.15) is 10.8 Å². The highest BCUT2D eigenvalue weighted by Gasteiger charge is 2.08. The fraction of sp³-hybridized carbons (Fsp3) is 0.188. The van der Waals surface area contributed by atoms with Crippen LogP contribution in [-0.4, -0.2) is 4.98 Å². The number of thiazole rings is 1. The molecule has 0 amide bonds. The van der Waals surface area contributed by atoms with Crippen molar-refractivity contribution < 1.29 is 4.39 Å². The van der Waals surface area contributed by atoms with Crippen LogP contribution in [-0.2, 0) is 13.1 Å². The van der Waals surface area contributed by atoms with Gasteiger partial charge < -0.3 is 5.32 Å². The molecule has 0 saturated heterocycles. The number of aromatic nitrogens is 1. The first-order valence-electron chi connectivity index (χ1n) is 6.67. The average Bonchev–Trinajstić information content (AvgIpc) is 3.10.